The van der Waals surface area contributed by atoms with Gasteiger partial charge in [0.2, 0.25) is 11.8 Å². The molecule has 32 heavy (non-hydrogen) atoms. The summed E-state index contributed by atoms with van der Waals surface area (Å²) in [6, 6.07) is 3.90. The summed E-state index contributed by atoms with van der Waals surface area (Å²) in [5.41, 5.74) is 1.07. The molecule has 1 amide bonds. The Bertz CT molecular complexity index is 1150. The van der Waals surface area contributed by atoms with Gasteiger partial charge in [0.15, 0.2) is 5.76 Å². The van der Waals surface area contributed by atoms with E-state index in [0.717, 1.165) is 29.6 Å². The van der Waals surface area contributed by atoms with E-state index in [0.29, 0.717) is 36.2 Å². The second-order valence-corrected chi connectivity index (χ2v) is 8.86. The molecule has 0 aromatic carbocycles. The highest BCUT2D eigenvalue weighted by Gasteiger charge is 2.30. The number of H-pyrrole nitrogens is 1. The van der Waals surface area contributed by atoms with Crippen LogP contribution in [-0.2, 0) is 10.4 Å². The second kappa shape index (κ2) is 8.63. The fourth-order valence-corrected chi connectivity index (χ4v) is 4.20. The minimum Gasteiger partial charge on any atom is -0.438 e. The molecule has 1 aliphatic heterocycles. The summed E-state index contributed by atoms with van der Waals surface area (Å²) in [6.45, 7) is 6.60. The molecule has 0 spiro atoms. The van der Waals surface area contributed by atoms with Crippen LogP contribution in [0.4, 0.5) is 5.69 Å². The lowest BCUT2D eigenvalue weighted by Gasteiger charge is -2.38. The average Bonchev–Trinajstić information content (AvgIpc) is 3.43. The zero-order valence-corrected chi connectivity index (χ0v) is 18.6. The van der Waals surface area contributed by atoms with Gasteiger partial charge < -0.3 is 24.7 Å². The molecule has 1 saturated heterocycles. The third-order valence-electron chi connectivity index (χ3n) is 5.97. The molecule has 4 heterocycles. The van der Waals surface area contributed by atoms with Gasteiger partial charge in [0, 0.05) is 36.9 Å². The largest absolute Gasteiger partial charge is 0.438 e. The number of fused-ring (bicyclic) bond motifs is 1. The Morgan fingerprint density at radius 1 is 1.41 bits per heavy atom. The van der Waals surface area contributed by atoms with Crippen molar-refractivity contribution in [1.82, 2.24) is 19.9 Å². The van der Waals surface area contributed by atoms with Crippen LogP contribution in [0.1, 0.15) is 45.8 Å². The molecule has 1 fully saturated rings. The number of anilines is 1. The molecule has 9 nitrogen and oxygen atoms in total. The van der Waals surface area contributed by atoms with Gasteiger partial charge in [0.1, 0.15) is 17.7 Å². The molecule has 0 unspecified atom stereocenters. The number of pyridine rings is 1. The third-order valence-corrected chi connectivity index (χ3v) is 5.97. The standard InChI is InChI=1S/C23H28N6O3/c1-4-14-9-15(13-29(12-14)19(30)5-7-24)28-20-16-6-8-25-21(16)26-10-17(20)22-27-11-18(32-22)23(2,3)31/h6,8,10-11,14-15,31H,4-5,9,12-13H2,1-3H3,(H2,25,26,28)/t14-,15+/m0/s1. The van der Waals surface area contributed by atoms with Crippen LogP contribution >= 0.6 is 0 Å². The predicted molar refractivity (Wildman–Crippen MR) is 119 cm³/mol. The highest BCUT2D eigenvalue weighted by atomic mass is 16.4. The molecule has 0 aliphatic carbocycles. The summed E-state index contributed by atoms with van der Waals surface area (Å²) < 4.78 is 5.87. The highest BCUT2D eigenvalue weighted by Crippen LogP contribution is 2.36. The van der Waals surface area contributed by atoms with E-state index in [9.17, 15) is 9.90 Å². The van der Waals surface area contributed by atoms with Crippen molar-refractivity contribution in [2.45, 2.75) is 51.7 Å². The molecule has 3 aromatic rings. The number of aromatic amines is 1. The number of carbonyl (C=O) groups is 1. The van der Waals surface area contributed by atoms with E-state index in [4.69, 9.17) is 9.68 Å². The number of amides is 1. The summed E-state index contributed by atoms with van der Waals surface area (Å²) in [6.07, 6.45) is 6.79. The number of aliphatic hydroxyl groups is 1. The number of piperidine rings is 1. The van der Waals surface area contributed by atoms with Crippen molar-refractivity contribution in [2.24, 2.45) is 5.92 Å². The maximum atomic E-state index is 12.4. The van der Waals surface area contributed by atoms with Crippen molar-refractivity contribution in [1.29, 1.82) is 5.26 Å². The van der Waals surface area contributed by atoms with E-state index in [1.165, 1.54) is 6.20 Å². The van der Waals surface area contributed by atoms with Crippen LogP contribution in [-0.4, -0.2) is 50.0 Å². The Balaban J connectivity index is 1.69. The minimum atomic E-state index is -1.15. The molecule has 3 aromatic heterocycles. The summed E-state index contributed by atoms with van der Waals surface area (Å²) >= 11 is 0. The fraction of sp³-hybridized carbons (Fsp3) is 0.478. The van der Waals surface area contributed by atoms with Crippen LogP contribution in [0.2, 0.25) is 0 Å². The number of hydrogen-bond acceptors (Lipinski definition) is 7. The third kappa shape index (κ3) is 4.32. The quantitative estimate of drug-likeness (QED) is 0.540. The summed E-state index contributed by atoms with van der Waals surface area (Å²) in [5.74, 6) is 0.936. The van der Waals surface area contributed by atoms with Gasteiger partial charge >= 0.3 is 0 Å². The van der Waals surface area contributed by atoms with Crippen LogP contribution < -0.4 is 5.32 Å². The monoisotopic (exact) mass is 436 g/mol. The number of aromatic nitrogens is 3. The fourth-order valence-electron chi connectivity index (χ4n) is 4.20. The van der Waals surface area contributed by atoms with Gasteiger partial charge in [-0.25, -0.2) is 9.97 Å². The number of nitrogens with one attached hydrogen (secondary N) is 2. The van der Waals surface area contributed by atoms with Gasteiger partial charge in [-0.1, -0.05) is 13.3 Å². The van der Waals surface area contributed by atoms with Crippen molar-refractivity contribution in [2.75, 3.05) is 18.4 Å². The normalized spacial score (nSPS) is 19.2. The Hall–Kier alpha value is -3.38. The number of nitrogens with zero attached hydrogens (tertiary/aromatic N) is 4. The Morgan fingerprint density at radius 3 is 2.91 bits per heavy atom. The molecule has 0 radical (unpaired) electrons. The number of likely N-dealkylation sites (tertiary alicyclic amines) is 1. The molecule has 4 rings (SSSR count). The maximum absolute atomic E-state index is 12.4. The molecule has 0 saturated carbocycles. The smallest absolute Gasteiger partial charge is 0.236 e. The van der Waals surface area contributed by atoms with Crippen molar-refractivity contribution in [3.05, 3.63) is 30.4 Å². The maximum Gasteiger partial charge on any atom is 0.236 e. The zero-order valence-electron chi connectivity index (χ0n) is 18.6. The lowest BCUT2D eigenvalue weighted by molar-refractivity contribution is -0.132. The second-order valence-electron chi connectivity index (χ2n) is 8.86. The lowest BCUT2D eigenvalue weighted by Crippen LogP contribution is -2.48. The van der Waals surface area contributed by atoms with Crippen molar-refractivity contribution in [3.63, 3.8) is 0 Å². The first kappa shape index (κ1) is 21.8. The van der Waals surface area contributed by atoms with Crippen LogP contribution in [0, 0.1) is 17.2 Å². The minimum absolute atomic E-state index is 0.000640. The summed E-state index contributed by atoms with van der Waals surface area (Å²) in [5, 5.41) is 23.7. The molecule has 168 valence electrons. The number of hydrogen-bond donors (Lipinski definition) is 3. The lowest BCUT2D eigenvalue weighted by atomic mass is 9.91. The Morgan fingerprint density at radius 2 is 2.22 bits per heavy atom. The van der Waals surface area contributed by atoms with E-state index in [2.05, 4.69) is 27.2 Å². The number of nitriles is 1. The first-order valence-electron chi connectivity index (χ1n) is 10.9. The van der Waals surface area contributed by atoms with Crippen LogP contribution in [0.25, 0.3) is 22.5 Å². The van der Waals surface area contributed by atoms with Crippen LogP contribution in [0.3, 0.4) is 0 Å². The zero-order chi connectivity index (χ0) is 22.9. The summed E-state index contributed by atoms with van der Waals surface area (Å²) in [7, 11) is 0. The van der Waals surface area contributed by atoms with Crippen molar-refractivity contribution >= 4 is 22.6 Å². The molecule has 2 atom stereocenters. The molecule has 1 aliphatic rings. The average molecular weight is 437 g/mol. The predicted octanol–water partition coefficient (Wildman–Crippen LogP) is 3.40. The van der Waals surface area contributed by atoms with Gasteiger partial charge in [0.25, 0.3) is 0 Å². The first-order valence-corrected chi connectivity index (χ1v) is 10.9. The van der Waals surface area contributed by atoms with Crippen LogP contribution in [0.15, 0.2) is 29.1 Å². The number of rotatable bonds is 6. The van der Waals surface area contributed by atoms with E-state index in [-0.39, 0.29) is 18.4 Å². The molecular weight excluding hydrogens is 408 g/mol. The molecule has 0 bridgehead atoms. The summed E-state index contributed by atoms with van der Waals surface area (Å²) in [4.78, 5) is 26.2. The Labute approximate surface area is 186 Å². The van der Waals surface area contributed by atoms with E-state index in [1.807, 2.05) is 18.3 Å². The van der Waals surface area contributed by atoms with Gasteiger partial charge in [-0.3, -0.25) is 4.79 Å². The van der Waals surface area contributed by atoms with Gasteiger partial charge in [-0.05, 0) is 32.3 Å². The van der Waals surface area contributed by atoms with Gasteiger partial charge in [-0.15, -0.1) is 0 Å². The van der Waals surface area contributed by atoms with Crippen molar-refractivity contribution < 1.29 is 14.3 Å². The highest BCUT2D eigenvalue weighted by molar-refractivity contribution is 5.97. The molecular formula is C23H28N6O3. The number of carbonyl (C=O) groups excluding carboxylic acids is 1. The topological polar surface area (TPSA) is 131 Å². The van der Waals surface area contributed by atoms with E-state index in [1.54, 1.807) is 24.9 Å². The van der Waals surface area contributed by atoms with E-state index < -0.39 is 5.60 Å². The van der Waals surface area contributed by atoms with Crippen molar-refractivity contribution in [3.8, 4) is 17.5 Å². The van der Waals surface area contributed by atoms with Crippen LogP contribution in [0.5, 0.6) is 0 Å². The van der Waals surface area contributed by atoms with E-state index >= 15 is 0 Å². The molecule has 3 N–H and O–H groups in total. The molecule has 9 heteroatoms. The van der Waals surface area contributed by atoms with Gasteiger partial charge in [0.05, 0.1) is 23.5 Å². The Kier molecular flexibility index (Phi) is 5.89. The number of oxazole rings is 1. The first-order chi connectivity index (χ1) is 15.3. The van der Waals surface area contributed by atoms with Gasteiger partial charge in [-0.2, -0.15) is 5.26 Å². The SMILES string of the molecule is CC[C@H]1C[C@@H](Nc2c(-c3ncc(C(C)(C)O)o3)cnc3[nH]ccc23)CN(C(=O)CC#N)C1.